The normalized spacial score (nSPS) is 19.9. The fraction of sp³-hybridized carbons (Fsp3) is 0.467. The summed E-state index contributed by atoms with van der Waals surface area (Å²) in [5.74, 6) is 3.03. The summed E-state index contributed by atoms with van der Waals surface area (Å²) in [4.78, 5) is 4.52. The maximum Gasteiger partial charge on any atom is 0.227 e. The summed E-state index contributed by atoms with van der Waals surface area (Å²) in [5, 5.41) is 7.46. The number of halogens is 1. The van der Waals surface area contributed by atoms with Crippen LogP contribution < -0.4 is 10.1 Å². The summed E-state index contributed by atoms with van der Waals surface area (Å²) in [6, 6.07) is 6.10. The molecule has 4 rings (SSSR count). The fourth-order valence-electron chi connectivity index (χ4n) is 2.92. The smallest absolute Gasteiger partial charge is 0.227 e. The highest BCUT2D eigenvalue weighted by Crippen LogP contribution is 2.29. The molecule has 2 aliphatic heterocycles. The predicted molar refractivity (Wildman–Crippen MR) is 80.9 cm³/mol. The zero-order valence-corrected chi connectivity index (χ0v) is 12.5. The molecule has 1 unspecified atom stereocenters. The number of hydrogen-bond donors (Lipinski definition) is 1. The van der Waals surface area contributed by atoms with E-state index in [4.69, 9.17) is 9.26 Å². The van der Waals surface area contributed by atoms with E-state index in [2.05, 4.69) is 21.5 Å². The molecular formula is C15H18ClN3O2. The van der Waals surface area contributed by atoms with Gasteiger partial charge in [0.1, 0.15) is 5.75 Å². The van der Waals surface area contributed by atoms with E-state index in [1.165, 1.54) is 12.0 Å². The standard InChI is InChI=1S/C15H17N3O2.ClH/c1-2-13-11(4-6-19-13)8-12(1)15-17-14(20-18-15)7-10-3-5-16-9-10;/h1-2,8,10,16H,3-7,9H2;1H. The lowest BCUT2D eigenvalue weighted by Gasteiger charge is -2.02. The zero-order valence-electron chi connectivity index (χ0n) is 11.7. The molecule has 0 amide bonds. The van der Waals surface area contributed by atoms with E-state index in [9.17, 15) is 0 Å². The van der Waals surface area contributed by atoms with Crippen LogP contribution in [0.15, 0.2) is 22.7 Å². The maximum atomic E-state index is 5.51. The molecule has 0 saturated carbocycles. The first-order valence-electron chi connectivity index (χ1n) is 7.18. The summed E-state index contributed by atoms with van der Waals surface area (Å²) in [6.45, 7) is 2.91. The van der Waals surface area contributed by atoms with Crippen molar-refractivity contribution < 1.29 is 9.26 Å². The Morgan fingerprint density at radius 3 is 3.14 bits per heavy atom. The van der Waals surface area contributed by atoms with Gasteiger partial charge >= 0.3 is 0 Å². The molecule has 3 heterocycles. The van der Waals surface area contributed by atoms with Gasteiger partial charge in [0.2, 0.25) is 11.7 Å². The summed E-state index contributed by atoms with van der Waals surface area (Å²) in [7, 11) is 0. The van der Waals surface area contributed by atoms with Crippen LogP contribution in [0.5, 0.6) is 5.75 Å². The largest absolute Gasteiger partial charge is 0.493 e. The number of benzene rings is 1. The Balaban J connectivity index is 0.00000132. The topological polar surface area (TPSA) is 60.2 Å². The Kier molecular flexibility index (Phi) is 4.12. The first kappa shape index (κ1) is 14.4. The highest BCUT2D eigenvalue weighted by molar-refractivity contribution is 5.85. The molecule has 6 heteroatoms. The summed E-state index contributed by atoms with van der Waals surface area (Å²) in [6.07, 6.45) is 3.02. The molecule has 0 aliphatic carbocycles. The summed E-state index contributed by atoms with van der Waals surface area (Å²) >= 11 is 0. The third-order valence-corrected chi connectivity index (χ3v) is 4.04. The second kappa shape index (κ2) is 6.03. The minimum absolute atomic E-state index is 0. The SMILES string of the molecule is Cl.c1cc2c(cc1-c1noc(CC3CCNC3)n1)CCO2. The van der Waals surface area contributed by atoms with Crippen molar-refractivity contribution in [2.24, 2.45) is 5.92 Å². The van der Waals surface area contributed by atoms with Crippen molar-refractivity contribution in [2.45, 2.75) is 19.3 Å². The van der Waals surface area contributed by atoms with E-state index in [0.717, 1.165) is 49.7 Å². The summed E-state index contributed by atoms with van der Waals surface area (Å²) in [5.41, 5.74) is 2.24. The molecule has 112 valence electrons. The van der Waals surface area contributed by atoms with Crippen molar-refractivity contribution in [3.05, 3.63) is 29.7 Å². The molecule has 2 aliphatic rings. The lowest BCUT2D eigenvalue weighted by molar-refractivity contribution is 0.356. The summed E-state index contributed by atoms with van der Waals surface area (Å²) < 4.78 is 10.9. The maximum absolute atomic E-state index is 5.51. The molecular weight excluding hydrogens is 290 g/mol. The average molecular weight is 308 g/mol. The average Bonchev–Trinajstić information content (AvgIpc) is 3.19. The van der Waals surface area contributed by atoms with Crippen LogP contribution >= 0.6 is 12.4 Å². The fourth-order valence-corrected chi connectivity index (χ4v) is 2.92. The molecule has 1 N–H and O–H groups in total. The van der Waals surface area contributed by atoms with Crippen molar-refractivity contribution in [1.82, 2.24) is 15.5 Å². The van der Waals surface area contributed by atoms with Gasteiger partial charge in [0.15, 0.2) is 0 Å². The van der Waals surface area contributed by atoms with Crippen LogP contribution in [0.3, 0.4) is 0 Å². The molecule has 0 radical (unpaired) electrons. The van der Waals surface area contributed by atoms with E-state index in [1.807, 2.05) is 12.1 Å². The molecule has 1 fully saturated rings. The van der Waals surface area contributed by atoms with Gasteiger partial charge < -0.3 is 14.6 Å². The van der Waals surface area contributed by atoms with Crippen LogP contribution in [0.4, 0.5) is 0 Å². The zero-order chi connectivity index (χ0) is 13.4. The van der Waals surface area contributed by atoms with Gasteiger partial charge in [-0.15, -0.1) is 12.4 Å². The van der Waals surface area contributed by atoms with Gasteiger partial charge in [-0.2, -0.15) is 4.98 Å². The number of rotatable bonds is 3. The minimum Gasteiger partial charge on any atom is -0.493 e. The second-order valence-electron chi connectivity index (χ2n) is 5.50. The quantitative estimate of drug-likeness (QED) is 0.942. The first-order valence-corrected chi connectivity index (χ1v) is 7.18. The predicted octanol–water partition coefficient (Wildman–Crippen LogP) is 2.25. The molecule has 0 spiro atoms. The lowest BCUT2D eigenvalue weighted by Crippen LogP contribution is -2.10. The number of nitrogens with one attached hydrogen (secondary N) is 1. The molecule has 1 aromatic carbocycles. The van der Waals surface area contributed by atoms with Crippen molar-refractivity contribution >= 4 is 12.4 Å². The Bertz CT molecular complexity index is 623. The third kappa shape index (κ3) is 2.89. The Morgan fingerprint density at radius 2 is 2.29 bits per heavy atom. The molecule has 2 aromatic rings. The second-order valence-corrected chi connectivity index (χ2v) is 5.50. The van der Waals surface area contributed by atoms with Crippen LogP contribution in [0.2, 0.25) is 0 Å². The molecule has 5 nitrogen and oxygen atoms in total. The molecule has 21 heavy (non-hydrogen) atoms. The van der Waals surface area contributed by atoms with Gasteiger partial charge in [0, 0.05) is 18.4 Å². The van der Waals surface area contributed by atoms with Crippen LogP contribution in [0.1, 0.15) is 17.9 Å². The van der Waals surface area contributed by atoms with Crippen molar-refractivity contribution in [1.29, 1.82) is 0 Å². The van der Waals surface area contributed by atoms with Gasteiger partial charge in [0.25, 0.3) is 0 Å². The van der Waals surface area contributed by atoms with Crippen molar-refractivity contribution in [3.63, 3.8) is 0 Å². The van der Waals surface area contributed by atoms with Gasteiger partial charge in [0.05, 0.1) is 6.61 Å². The van der Waals surface area contributed by atoms with Crippen LogP contribution in [0.25, 0.3) is 11.4 Å². The minimum atomic E-state index is 0. The van der Waals surface area contributed by atoms with E-state index in [-0.39, 0.29) is 12.4 Å². The van der Waals surface area contributed by atoms with Crippen molar-refractivity contribution in [3.8, 4) is 17.1 Å². The highest BCUT2D eigenvalue weighted by atomic mass is 35.5. The van der Waals surface area contributed by atoms with Crippen LogP contribution in [-0.4, -0.2) is 29.8 Å². The van der Waals surface area contributed by atoms with Gasteiger partial charge in [-0.1, -0.05) is 5.16 Å². The molecule has 1 saturated heterocycles. The lowest BCUT2D eigenvalue weighted by atomic mass is 10.1. The Labute approximate surface area is 129 Å². The number of nitrogens with zero attached hydrogens (tertiary/aromatic N) is 2. The monoisotopic (exact) mass is 307 g/mol. The molecule has 0 bridgehead atoms. The van der Waals surface area contributed by atoms with Gasteiger partial charge in [-0.25, -0.2) is 0 Å². The van der Waals surface area contributed by atoms with E-state index >= 15 is 0 Å². The Morgan fingerprint density at radius 1 is 1.33 bits per heavy atom. The molecule has 1 aromatic heterocycles. The number of fused-ring (bicyclic) bond motifs is 1. The Hall–Kier alpha value is -1.59. The van der Waals surface area contributed by atoms with Gasteiger partial charge in [-0.05, 0) is 49.2 Å². The first-order chi connectivity index (χ1) is 9.88. The highest BCUT2D eigenvalue weighted by Gasteiger charge is 2.19. The van der Waals surface area contributed by atoms with E-state index in [1.54, 1.807) is 0 Å². The van der Waals surface area contributed by atoms with Gasteiger partial charge in [-0.3, -0.25) is 0 Å². The van der Waals surface area contributed by atoms with E-state index < -0.39 is 0 Å². The van der Waals surface area contributed by atoms with Crippen LogP contribution in [-0.2, 0) is 12.8 Å². The third-order valence-electron chi connectivity index (χ3n) is 4.04. The molecule has 1 atom stereocenters. The van der Waals surface area contributed by atoms with Crippen LogP contribution in [0, 0.1) is 5.92 Å². The van der Waals surface area contributed by atoms with E-state index in [0.29, 0.717) is 11.7 Å². The number of ether oxygens (including phenoxy) is 1. The van der Waals surface area contributed by atoms with Crippen molar-refractivity contribution in [2.75, 3.05) is 19.7 Å². The number of aromatic nitrogens is 2. The number of hydrogen-bond acceptors (Lipinski definition) is 5.